The van der Waals surface area contributed by atoms with Gasteiger partial charge in [-0.3, -0.25) is 10.1 Å². The summed E-state index contributed by atoms with van der Waals surface area (Å²) in [7, 11) is 0. The molecule has 3 rings (SSSR count). The molecule has 2 heterocycles. The lowest BCUT2D eigenvalue weighted by molar-refractivity contribution is -0.383. The average Bonchev–Trinajstić information content (AvgIpc) is 2.69. The zero-order valence-electron chi connectivity index (χ0n) is 16.0. The lowest BCUT2D eigenvalue weighted by Crippen LogP contribution is -2.33. The topological polar surface area (TPSA) is 96.2 Å². The van der Waals surface area contributed by atoms with Crippen molar-refractivity contribution in [2.24, 2.45) is 0 Å². The van der Waals surface area contributed by atoms with Crippen LogP contribution in [0.3, 0.4) is 0 Å². The lowest BCUT2D eigenvalue weighted by Gasteiger charge is -2.26. The van der Waals surface area contributed by atoms with Crippen molar-refractivity contribution in [3.8, 4) is 0 Å². The van der Waals surface area contributed by atoms with Crippen molar-refractivity contribution in [1.82, 2.24) is 14.9 Å². The Bertz CT molecular complexity index is 658. The maximum Gasteiger partial charge on any atom is 0.353 e. The lowest BCUT2D eigenvalue weighted by atomic mass is 9.97. The minimum absolute atomic E-state index is 0.0613. The first-order valence-corrected chi connectivity index (χ1v) is 10.1. The Kier molecular flexibility index (Phi) is 7.38. The quantitative estimate of drug-likeness (QED) is 0.387. The number of nitrogens with zero attached hydrogens (tertiary/aromatic N) is 4. The minimum atomic E-state index is -0.397. The average molecular weight is 374 g/mol. The normalized spacial score (nSPS) is 18.0. The fraction of sp³-hybridized carbons (Fsp3) is 0.684. The van der Waals surface area contributed by atoms with E-state index in [0.29, 0.717) is 24.7 Å². The van der Waals surface area contributed by atoms with Crippen molar-refractivity contribution in [2.45, 2.75) is 51.4 Å². The number of rotatable bonds is 9. The molecule has 1 saturated heterocycles. The maximum atomic E-state index is 11.6. The fourth-order valence-electron chi connectivity index (χ4n) is 3.80. The largest absolute Gasteiger partial charge is 0.364 e. The molecule has 1 aromatic rings. The van der Waals surface area contributed by atoms with Crippen LogP contribution in [0, 0.1) is 10.1 Å². The number of piperidine rings is 1. The van der Waals surface area contributed by atoms with Gasteiger partial charge in [-0.25, -0.2) is 9.97 Å². The first kappa shape index (κ1) is 19.5. The van der Waals surface area contributed by atoms with Gasteiger partial charge in [-0.15, -0.1) is 0 Å². The van der Waals surface area contributed by atoms with Gasteiger partial charge >= 0.3 is 5.69 Å². The van der Waals surface area contributed by atoms with E-state index in [0.717, 1.165) is 38.9 Å². The van der Waals surface area contributed by atoms with E-state index in [1.165, 1.54) is 44.0 Å². The van der Waals surface area contributed by atoms with Gasteiger partial charge in [0, 0.05) is 19.6 Å². The standard InChI is InChI=1S/C19H30N6O2/c26-25(27)17-18(20-10-9-16-7-3-1-4-8-16)22-15-23-19(17)21-11-14-24-12-5-2-6-13-24/h7,15H,1-6,8-14H2,(H2,20,21,22,23). The van der Waals surface area contributed by atoms with Crippen LogP contribution in [0.1, 0.15) is 51.4 Å². The maximum absolute atomic E-state index is 11.6. The second-order valence-electron chi connectivity index (χ2n) is 7.29. The Morgan fingerprint density at radius 1 is 1.04 bits per heavy atom. The number of aromatic nitrogens is 2. The number of likely N-dealkylation sites (tertiary alicyclic amines) is 1. The van der Waals surface area contributed by atoms with Gasteiger partial charge in [0.15, 0.2) is 0 Å². The summed E-state index contributed by atoms with van der Waals surface area (Å²) in [4.78, 5) is 21.8. The molecule has 2 N–H and O–H groups in total. The second-order valence-corrected chi connectivity index (χ2v) is 7.29. The highest BCUT2D eigenvalue weighted by Gasteiger charge is 2.23. The molecule has 1 aliphatic carbocycles. The van der Waals surface area contributed by atoms with Crippen LogP contribution >= 0.6 is 0 Å². The number of allylic oxidation sites excluding steroid dienone is 1. The summed E-state index contributed by atoms with van der Waals surface area (Å²) in [6.45, 7) is 4.38. The highest BCUT2D eigenvalue weighted by atomic mass is 16.6. The summed E-state index contributed by atoms with van der Waals surface area (Å²) in [6.07, 6.45) is 13.1. The monoisotopic (exact) mass is 374 g/mol. The van der Waals surface area contributed by atoms with E-state index in [4.69, 9.17) is 0 Å². The van der Waals surface area contributed by atoms with Crippen LogP contribution in [0.2, 0.25) is 0 Å². The third kappa shape index (κ3) is 5.89. The van der Waals surface area contributed by atoms with Crippen molar-refractivity contribution < 1.29 is 4.92 Å². The molecule has 0 aromatic carbocycles. The van der Waals surface area contributed by atoms with Gasteiger partial charge in [0.25, 0.3) is 0 Å². The van der Waals surface area contributed by atoms with Gasteiger partial charge in [-0.05, 0) is 58.0 Å². The van der Waals surface area contributed by atoms with Crippen molar-refractivity contribution in [3.63, 3.8) is 0 Å². The zero-order valence-corrected chi connectivity index (χ0v) is 16.0. The Hall–Kier alpha value is -2.22. The van der Waals surface area contributed by atoms with Crippen LogP contribution in [-0.2, 0) is 0 Å². The first-order valence-electron chi connectivity index (χ1n) is 10.1. The summed E-state index contributed by atoms with van der Waals surface area (Å²) in [6, 6.07) is 0. The molecule has 1 aliphatic heterocycles. The van der Waals surface area contributed by atoms with Crippen LogP contribution in [0.4, 0.5) is 17.3 Å². The summed E-state index contributed by atoms with van der Waals surface area (Å²) in [5.74, 6) is 0.596. The van der Waals surface area contributed by atoms with Gasteiger partial charge < -0.3 is 15.5 Å². The Morgan fingerprint density at radius 3 is 2.44 bits per heavy atom. The molecule has 27 heavy (non-hydrogen) atoms. The van der Waals surface area contributed by atoms with E-state index < -0.39 is 4.92 Å². The van der Waals surface area contributed by atoms with Crippen LogP contribution < -0.4 is 10.6 Å². The summed E-state index contributed by atoms with van der Waals surface area (Å²) in [5.41, 5.74) is 1.37. The predicted octanol–water partition coefficient (Wildman–Crippen LogP) is 3.59. The van der Waals surface area contributed by atoms with Gasteiger partial charge in [0.2, 0.25) is 11.6 Å². The molecule has 0 bridgehead atoms. The van der Waals surface area contributed by atoms with Crippen LogP contribution in [-0.4, -0.2) is 52.5 Å². The zero-order chi connectivity index (χ0) is 18.9. The van der Waals surface area contributed by atoms with Crippen molar-refractivity contribution in [3.05, 3.63) is 28.1 Å². The molecule has 0 atom stereocenters. The highest BCUT2D eigenvalue weighted by molar-refractivity contribution is 5.69. The number of nitrogens with one attached hydrogen (secondary N) is 2. The molecule has 8 heteroatoms. The van der Waals surface area contributed by atoms with E-state index in [2.05, 4.69) is 31.6 Å². The number of nitro groups is 1. The smallest absolute Gasteiger partial charge is 0.353 e. The van der Waals surface area contributed by atoms with E-state index in [1.54, 1.807) is 0 Å². The molecule has 0 unspecified atom stereocenters. The third-order valence-electron chi connectivity index (χ3n) is 5.30. The minimum Gasteiger partial charge on any atom is -0.364 e. The number of anilines is 2. The van der Waals surface area contributed by atoms with E-state index >= 15 is 0 Å². The van der Waals surface area contributed by atoms with Crippen molar-refractivity contribution in [2.75, 3.05) is 43.4 Å². The van der Waals surface area contributed by atoms with E-state index in [-0.39, 0.29) is 5.69 Å². The summed E-state index contributed by atoms with van der Waals surface area (Å²) in [5, 5.41) is 17.9. The molecule has 0 amide bonds. The molecule has 0 spiro atoms. The molecular formula is C19H30N6O2. The molecule has 1 fully saturated rings. The number of hydrogen-bond acceptors (Lipinski definition) is 7. The second kappa shape index (κ2) is 10.2. The molecule has 0 radical (unpaired) electrons. The Labute approximate surface area is 160 Å². The van der Waals surface area contributed by atoms with Crippen molar-refractivity contribution >= 4 is 17.3 Å². The van der Waals surface area contributed by atoms with Crippen LogP contribution in [0.25, 0.3) is 0 Å². The van der Waals surface area contributed by atoms with Gasteiger partial charge in [-0.1, -0.05) is 18.1 Å². The molecule has 2 aliphatic rings. The summed E-state index contributed by atoms with van der Waals surface area (Å²) >= 11 is 0. The Morgan fingerprint density at radius 2 is 1.78 bits per heavy atom. The first-order chi connectivity index (χ1) is 13.2. The van der Waals surface area contributed by atoms with Crippen LogP contribution in [0.5, 0.6) is 0 Å². The molecule has 0 saturated carbocycles. The third-order valence-corrected chi connectivity index (χ3v) is 5.30. The van der Waals surface area contributed by atoms with Crippen LogP contribution in [0.15, 0.2) is 18.0 Å². The predicted molar refractivity (Wildman–Crippen MR) is 107 cm³/mol. The van der Waals surface area contributed by atoms with E-state index in [9.17, 15) is 10.1 Å². The summed E-state index contributed by atoms with van der Waals surface area (Å²) < 4.78 is 0. The van der Waals surface area contributed by atoms with Gasteiger partial charge in [0.1, 0.15) is 6.33 Å². The molecule has 1 aromatic heterocycles. The molecular weight excluding hydrogens is 344 g/mol. The molecule has 148 valence electrons. The van der Waals surface area contributed by atoms with E-state index in [1.807, 2.05) is 0 Å². The van der Waals surface area contributed by atoms with Gasteiger partial charge in [-0.2, -0.15) is 0 Å². The van der Waals surface area contributed by atoms with Crippen molar-refractivity contribution in [1.29, 1.82) is 0 Å². The molecule has 8 nitrogen and oxygen atoms in total. The SMILES string of the molecule is O=[N+]([O-])c1c(NCCC2=CCCCC2)ncnc1NCCN1CCCCC1. The Balaban J connectivity index is 1.56. The highest BCUT2D eigenvalue weighted by Crippen LogP contribution is 2.29. The van der Waals surface area contributed by atoms with Gasteiger partial charge in [0.05, 0.1) is 4.92 Å². The fourth-order valence-corrected chi connectivity index (χ4v) is 3.80. The number of hydrogen-bond donors (Lipinski definition) is 2.